The lowest BCUT2D eigenvalue weighted by Gasteiger charge is -2.06. The molecule has 0 aromatic carbocycles. The van der Waals surface area contributed by atoms with Gasteiger partial charge in [0.2, 0.25) is 0 Å². The molecular formula is C8H10F3N3. The van der Waals surface area contributed by atoms with Crippen LogP contribution in [-0.4, -0.2) is 22.7 Å². The summed E-state index contributed by atoms with van der Waals surface area (Å²) in [4.78, 5) is 7.48. The maximum absolute atomic E-state index is 11.7. The van der Waals surface area contributed by atoms with Crippen molar-refractivity contribution in [1.82, 2.24) is 15.3 Å². The Morgan fingerprint density at radius 3 is 2.43 bits per heavy atom. The van der Waals surface area contributed by atoms with E-state index < -0.39 is 12.6 Å². The molecule has 0 aliphatic rings. The first kappa shape index (κ1) is 10.9. The number of halogens is 3. The maximum atomic E-state index is 11.7. The highest BCUT2D eigenvalue weighted by Crippen LogP contribution is 2.18. The van der Waals surface area contributed by atoms with Crippen LogP contribution in [0.25, 0.3) is 0 Å². The van der Waals surface area contributed by atoms with Gasteiger partial charge in [-0.15, -0.1) is 0 Å². The summed E-state index contributed by atoms with van der Waals surface area (Å²) < 4.78 is 35.2. The van der Waals surface area contributed by atoms with E-state index >= 15 is 0 Å². The fourth-order valence-electron chi connectivity index (χ4n) is 0.884. The largest absolute Gasteiger partial charge is 0.390 e. The fourth-order valence-corrected chi connectivity index (χ4v) is 0.884. The highest BCUT2D eigenvalue weighted by atomic mass is 19.4. The molecule has 14 heavy (non-hydrogen) atoms. The third-order valence-electron chi connectivity index (χ3n) is 1.53. The van der Waals surface area contributed by atoms with Crippen molar-refractivity contribution in [3.63, 3.8) is 0 Å². The molecular weight excluding hydrogens is 195 g/mol. The average Bonchev–Trinajstić information content (AvgIpc) is 2.13. The first-order valence-electron chi connectivity index (χ1n) is 4.09. The molecule has 1 aromatic heterocycles. The van der Waals surface area contributed by atoms with Gasteiger partial charge < -0.3 is 5.32 Å². The predicted octanol–water partition coefficient (Wildman–Crippen LogP) is 1.52. The monoisotopic (exact) mass is 205 g/mol. The van der Waals surface area contributed by atoms with Gasteiger partial charge in [-0.2, -0.15) is 13.2 Å². The van der Waals surface area contributed by atoms with E-state index in [1.807, 2.05) is 0 Å². The summed E-state index contributed by atoms with van der Waals surface area (Å²) in [6.07, 6.45) is -0.415. The number of nitrogens with zero attached hydrogens (tertiary/aromatic N) is 2. The molecule has 1 rings (SSSR count). The van der Waals surface area contributed by atoms with Crippen LogP contribution in [0.2, 0.25) is 0 Å². The molecule has 0 aliphatic heterocycles. The molecule has 1 heterocycles. The van der Waals surface area contributed by atoms with Gasteiger partial charge in [-0.1, -0.05) is 0 Å². The number of rotatable bonds is 4. The van der Waals surface area contributed by atoms with Crippen LogP contribution in [0.5, 0.6) is 0 Å². The molecule has 0 spiro atoms. The van der Waals surface area contributed by atoms with Crippen LogP contribution < -0.4 is 5.32 Å². The SMILES string of the molecule is FC(F)(F)CCNCc1cncnc1. The highest BCUT2D eigenvalue weighted by Gasteiger charge is 2.25. The van der Waals surface area contributed by atoms with Crippen LogP contribution in [0.3, 0.4) is 0 Å². The Morgan fingerprint density at radius 1 is 1.21 bits per heavy atom. The normalized spacial score (nSPS) is 11.6. The minimum Gasteiger partial charge on any atom is -0.312 e. The van der Waals surface area contributed by atoms with E-state index in [4.69, 9.17) is 0 Å². The second kappa shape index (κ2) is 4.90. The van der Waals surface area contributed by atoms with Crippen molar-refractivity contribution >= 4 is 0 Å². The van der Waals surface area contributed by atoms with Crippen molar-refractivity contribution in [2.45, 2.75) is 19.1 Å². The van der Waals surface area contributed by atoms with Gasteiger partial charge in [0, 0.05) is 31.0 Å². The van der Waals surface area contributed by atoms with Crippen molar-refractivity contribution in [3.05, 3.63) is 24.3 Å². The minimum atomic E-state index is -4.10. The molecule has 78 valence electrons. The second-order valence-electron chi connectivity index (χ2n) is 2.79. The van der Waals surface area contributed by atoms with Crippen LogP contribution in [0, 0.1) is 0 Å². The van der Waals surface area contributed by atoms with E-state index in [1.54, 1.807) is 12.4 Å². The Bertz CT molecular complexity index is 260. The van der Waals surface area contributed by atoms with Gasteiger partial charge in [-0.05, 0) is 0 Å². The summed E-state index contributed by atoms with van der Waals surface area (Å²) in [6.45, 7) is 0.273. The van der Waals surface area contributed by atoms with Crippen molar-refractivity contribution < 1.29 is 13.2 Å². The van der Waals surface area contributed by atoms with Crippen molar-refractivity contribution in [3.8, 4) is 0 Å². The Labute approximate surface area is 79.4 Å². The second-order valence-corrected chi connectivity index (χ2v) is 2.79. The molecule has 0 saturated carbocycles. The van der Waals surface area contributed by atoms with E-state index in [1.165, 1.54) is 6.33 Å². The van der Waals surface area contributed by atoms with E-state index in [-0.39, 0.29) is 6.54 Å². The molecule has 0 bridgehead atoms. The van der Waals surface area contributed by atoms with Crippen molar-refractivity contribution in [2.75, 3.05) is 6.54 Å². The third kappa shape index (κ3) is 4.76. The van der Waals surface area contributed by atoms with Crippen molar-refractivity contribution in [2.24, 2.45) is 0 Å². The third-order valence-corrected chi connectivity index (χ3v) is 1.53. The molecule has 0 radical (unpaired) electrons. The number of hydrogen-bond acceptors (Lipinski definition) is 3. The van der Waals surface area contributed by atoms with Crippen LogP contribution in [0.4, 0.5) is 13.2 Å². The van der Waals surface area contributed by atoms with E-state index in [9.17, 15) is 13.2 Å². The van der Waals surface area contributed by atoms with Gasteiger partial charge >= 0.3 is 6.18 Å². The number of alkyl halides is 3. The van der Waals surface area contributed by atoms with Gasteiger partial charge in [0.15, 0.2) is 0 Å². The maximum Gasteiger partial charge on any atom is 0.390 e. The van der Waals surface area contributed by atoms with Gasteiger partial charge in [0.25, 0.3) is 0 Å². The smallest absolute Gasteiger partial charge is 0.312 e. The fraction of sp³-hybridized carbons (Fsp3) is 0.500. The number of nitrogens with one attached hydrogen (secondary N) is 1. The first-order valence-corrected chi connectivity index (χ1v) is 4.09. The molecule has 0 amide bonds. The Kier molecular flexibility index (Phi) is 3.82. The van der Waals surface area contributed by atoms with Crippen LogP contribution >= 0.6 is 0 Å². The molecule has 0 saturated heterocycles. The number of hydrogen-bond donors (Lipinski definition) is 1. The zero-order chi connectivity index (χ0) is 10.4. The molecule has 3 nitrogen and oxygen atoms in total. The summed E-state index contributed by atoms with van der Waals surface area (Å²) >= 11 is 0. The van der Waals surface area contributed by atoms with Crippen LogP contribution in [0.15, 0.2) is 18.7 Å². The van der Waals surface area contributed by atoms with Gasteiger partial charge in [0.1, 0.15) is 6.33 Å². The standard InChI is InChI=1S/C8H10F3N3/c9-8(10,11)1-2-12-3-7-4-13-6-14-5-7/h4-6,12H,1-3H2. The quantitative estimate of drug-likeness (QED) is 0.757. The Hall–Kier alpha value is -1.17. The average molecular weight is 205 g/mol. The Balaban J connectivity index is 2.17. The topological polar surface area (TPSA) is 37.8 Å². The van der Waals surface area contributed by atoms with Gasteiger partial charge in [-0.25, -0.2) is 9.97 Å². The minimum absolute atomic E-state index is 0.0849. The summed E-state index contributed by atoms with van der Waals surface area (Å²) in [7, 11) is 0. The van der Waals surface area contributed by atoms with Gasteiger partial charge in [0.05, 0.1) is 6.42 Å². The van der Waals surface area contributed by atoms with E-state index in [0.717, 1.165) is 5.56 Å². The molecule has 1 N–H and O–H groups in total. The summed E-state index contributed by atoms with van der Waals surface area (Å²) in [5, 5.41) is 2.66. The number of aromatic nitrogens is 2. The lowest BCUT2D eigenvalue weighted by atomic mass is 10.3. The summed E-state index contributed by atoms with van der Waals surface area (Å²) in [6, 6.07) is 0. The predicted molar refractivity (Wildman–Crippen MR) is 44.4 cm³/mol. The molecule has 6 heteroatoms. The van der Waals surface area contributed by atoms with Gasteiger partial charge in [-0.3, -0.25) is 0 Å². The summed E-state index contributed by atoms with van der Waals surface area (Å²) in [5.41, 5.74) is 0.773. The first-order chi connectivity index (χ1) is 6.58. The van der Waals surface area contributed by atoms with E-state index in [0.29, 0.717) is 6.54 Å². The molecule has 0 fully saturated rings. The summed E-state index contributed by atoms with van der Waals surface area (Å²) in [5.74, 6) is 0. The lowest BCUT2D eigenvalue weighted by Crippen LogP contribution is -2.21. The Morgan fingerprint density at radius 2 is 1.86 bits per heavy atom. The van der Waals surface area contributed by atoms with Crippen LogP contribution in [-0.2, 0) is 6.54 Å². The zero-order valence-corrected chi connectivity index (χ0v) is 7.38. The molecule has 0 aliphatic carbocycles. The zero-order valence-electron chi connectivity index (χ0n) is 7.38. The molecule has 0 unspecified atom stereocenters. The lowest BCUT2D eigenvalue weighted by molar-refractivity contribution is -0.133. The van der Waals surface area contributed by atoms with E-state index in [2.05, 4.69) is 15.3 Å². The highest BCUT2D eigenvalue weighted by molar-refractivity contribution is 5.01. The molecule has 0 atom stereocenters. The van der Waals surface area contributed by atoms with Crippen LogP contribution in [0.1, 0.15) is 12.0 Å². The van der Waals surface area contributed by atoms with Crippen molar-refractivity contribution in [1.29, 1.82) is 0 Å². The molecule has 1 aromatic rings.